The lowest BCUT2D eigenvalue weighted by molar-refractivity contribution is -0.929. The zero-order valence-electron chi connectivity index (χ0n) is 19.4. The largest absolute Gasteiger partial charge is 0.481 e. The summed E-state index contributed by atoms with van der Waals surface area (Å²) in [5, 5.41) is 27.0. The Kier molecular flexibility index (Phi) is 17.7. The average Bonchev–Trinajstić information content (AvgIpc) is 2.68. The van der Waals surface area contributed by atoms with E-state index >= 15 is 0 Å². The third kappa shape index (κ3) is 18.6. The summed E-state index contributed by atoms with van der Waals surface area (Å²) in [6, 6.07) is 0. The minimum absolute atomic E-state index is 0.0840. The molecule has 0 spiro atoms. The van der Waals surface area contributed by atoms with Crippen molar-refractivity contribution in [3.63, 3.8) is 0 Å². The van der Waals surface area contributed by atoms with Gasteiger partial charge in [-0.15, -0.1) is 0 Å². The first-order valence-electron chi connectivity index (χ1n) is 12.0. The van der Waals surface area contributed by atoms with Crippen molar-refractivity contribution in [2.24, 2.45) is 0 Å². The Balaban J connectivity index is 4.70. The molecule has 0 amide bonds. The van der Waals surface area contributed by atoms with Crippen LogP contribution in [-0.4, -0.2) is 63.9 Å². The molecule has 7 heteroatoms. The molecule has 0 aliphatic rings. The Morgan fingerprint density at radius 1 is 0.581 bits per heavy atom. The van der Waals surface area contributed by atoms with E-state index in [1.807, 2.05) is 0 Å². The Labute approximate surface area is 187 Å². The van der Waals surface area contributed by atoms with Crippen LogP contribution in [0.4, 0.5) is 0 Å². The number of allylic oxidation sites excluding steroid dienone is 2. The van der Waals surface area contributed by atoms with Gasteiger partial charge in [0.1, 0.15) is 0 Å². The second kappa shape index (κ2) is 18.8. The molecule has 0 aliphatic carbocycles. The predicted octanol–water partition coefficient (Wildman–Crippen LogP) is 5.09. The summed E-state index contributed by atoms with van der Waals surface area (Å²) >= 11 is 0. The molecule has 0 atom stereocenters. The van der Waals surface area contributed by atoms with Crippen LogP contribution in [0.5, 0.6) is 0 Å². The van der Waals surface area contributed by atoms with Gasteiger partial charge in [-0.25, -0.2) is 0 Å². The summed E-state index contributed by atoms with van der Waals surface area (Å²) in [4.78, 5) is 32.9. The van der Waals surface area contributed by atoms with Crippen molar-refractivity contribution < 1.29 is 34.2 Å². The van der Waals surface area contributed by atoms with E-state index < -0.39 is 17.9 Å². The van der Waals surface area contributed by atoms with Crippen LogP contribution in [0.25, 0.3) is 0 Å². The van der Waals surface area contributed by atoms with Gasteiger partial charge in [0.25, 0.3) is 0 Å². The number of quaternary nitrogens is 1. The molecule has 3 N–H and O–H groups in total. The minimum Gasteiger partial charge on any atom is -0.481 e. The summed E-state index contributed by atoms with van der Waals surface area (Å²) in [6.07, 6.45) is 15.4. The summed E-state index contributed by atoms with van der Waals surface area (Å²) in [5.41, 5.74) is 0. The number of unbranched alkanes of at least 4 members (excludes halogenated alkanes) is 6. The maximum Gasteiger partial charge on any atom is 0.303 e. The van der Waals surface area contributed by atoms with Crippen molar-refractivity contribution in [2.75, 3.05) is 26.2 Å². The van der Waals surface area contributed by atoms with Crippen molar-refractivity contribution in [3.8, 4) is 0 Å². The fourth-order valence-electron chi connectivity index (χ4n) is 4.00. The van der Waals surface area contributed by atoms with E-state index in [1.54, 1.807) is 0 Å². The zero-order chi connectivity index (χ0) is 23.4. The van der Waals surface area contributed by atoms with Crippen LogP contribution >= 0.6 is 0 Å². The lowest BCUT2D eigenvalue weighted by Crippen LogP contribution is -2.51. The molecule has 0 rings (SSSR count). The Morgan fingerprint density at radius 3 is 1.35 bits per heavy atom. The van der Waals surface area contributed by atoms with Crippen LogP contribution < -0.4 is 0 Å². The second-order valence-electron chi connectivity index (χ2n) is 8.54. The van der Waals surface area contributed by atoms with Gasteiger partial charge in [-0.3, -0.25) is 14.4 Å². The number of nitrogens with zero attached hydrogens (tertiary/aromatic N) is 1. The first kappa shape index (κ1) is 29.1. The molecule has 0 aromatic heterocycles. The fourth-order valence-corrected chi connectivity index (χ4v) is 4.00. The molecule has 0 radical (unpaired) electrons. The lowest BCUT2D eigenvalue weighted by Gasteiger charge is -2.39. The van der Waals surface area contributed by atoms with E-state index in [4.69, 9.17) is 15.3 Å². The number of aliphatic carboxylic acids is 3. The van der Waals surface area contributed by atoms with Crippen LogP contribution in [-0.2, 0) is 14.4 Å². The van der Waals surface area contributed by atoms with Crippen LogP contribution in [0.3, 0.4) is 0 Å². The summed E-state index contributed by atoms with van der Waals surface area (Å²) in [5.74, 6) is -2.50. The van der Waals surface area contributed by atoms with Gasteiger partial charge in [0.15, 0.2) is 0 Å². The first-order chi connectivity index (χ1) is 14.8. The maximum atomic E-state index is 11.0. The molecule has 0 bridgehead atoms. The van der Waals surface area contributed by atoms with Crippen molar-refractivity contribution in [2.45, 2.75) is 96.8 Å². The Morgan fingerprint density at radius 2 is 0.968 bits per heavy atom. The third-order valence-corrected chi connectivity index (χ3v) is 5.71. The quantitative estimate of drug-likeness (QED) is 0.122. The van der Waals surface area contributed by atoms with Crippen molar-refractivity contribution >= 4 is 17.9 Å². The second-order valence-corrected chi connectivity index (χ2v) is 8.54. The van der Waals surface area contributed by atoms with Gasteiger partial charge in [-0.1, -0.05) is 31.9 Å². The predicted molar refractivity (Wildman–Crippen MR) is 122 cm³/mol. The fraction of sp³-hybridized carbons (Fsp3) is 0.792. The van der Waals surface area contributed by atoms with E-state index in [0.717, 1.165) is 38.6 Å². The highest BCUT2D eigenvalue weighted by atomic mass is 16.4. The summed E-state index contributed by atoms with van der Waals surface area (Å²) in [7, 11) is 0. The number of hydrogen-bond donors (Lipinski definition) is 3. The third-order valence-electron chi connectivity index (χ3n) is 5.71. The van der Waals surface area contributed by atoms with E-state index in [0.29, 0.717) is 43.4 Å². The van der Waals surface area contributed by atoms with Gasteiger partial charge in [-0.2, -0.15) is 0 Å². The van der Waals surface area contributed by atoms with Gasteiger partial charge in [0, 0.05) is 19.3 Å². The van der Waals surface area contributed by atoms with Crippen LogP contribution in [0.2, 0.25) is 0 Å². The molecule has 0 fully saturated rings. The molecule has 0 aromatic rings. The highest BCUT2D eigenvalue weighted by molar-refractivity contribution is 5.67. The SMILES string of the molecule is CCCCC/C=C/CCCCC[N+](CCCC(=O)O)(CCCC(=O)O)CCCC(=O)O. The molecular formula is C24H44NO6+. The van der Waals surface area contributed by atoms with Gasteiger partial charge in [-0.05, 0) is 38.5 Å². The topological polar surface area (TPSA) is 112 Å². The van der Waals surface area contributed by atoms with Gasteiger partial charge in [0.2, 0.25) is 0 Å². The normalized spacial score (nSPS) is 11.8. The molecule has 0 heterocycles. The lowest BCUT2D eigenvalue weighted by atomic mass is 10.1. The Hall–Kier alpha value is -1.89. The monoisotopic (exact) mass is 442 g/mol. The zero-order valence-corrected chi connectivity index (χ0v) is 19.4. The average molecular weight is 443 g/mol. The number of carboxylic acid groups (broad SMARTS) is 3. The molecule has 7 nitrogen and oxygen atoms in total. The van der Waals surface area contributed by atoms with Gasteiger partial charge >= 0.3 is 17.9 Å². The van der Waals surface area contributed by atoms with Crippen molar-refractivity contribution in [3.05, 3.63) is 12.2 Å². The molecule has 31 heavy (non-hydrogen) atoms. The molecular weight excluding hydrogens is 398 g/mol. The first-order valence-corrected chi connectivity index (χ1v) is 12.0. The maximum absolute atomic E-state index is 11.0. The van der Waals surface area contributed by atoms with Crippen molar-refractivity contribution in [1.29, 1.82) is 0 Å². The number of rotatable bonds is 22. The number of hydrogen-bond acceptors (Lipinski definition) is 3. The van der Waals surface area contributed by atoms with Crippen LogP contribution in [0, 0.1) is 0 Å². The standard InChI is InChI=1S/C24H43NO6/c1-2-3-4-5-6-7-8-9-10-11-18-25(19-12-15-22(26)27,20-13-16-23(28)29)21-14-17-24(30)31/h6-7H,2-5,8-21H2,1H3,(H2-,26,27,28,29,30,31)/p+1/b7-6+. The molecule has 0 aromatic carbocycles. The highest BCUT2D eigenvalue weighted by Crippen LogP contribution is 2.18. The van der Waals surface area contributed by atoms with Gasteiger partial charge < -0.3 is 19.8 Å². The number of carboxylic acids is 3. The van der Waals surface area contributed by atoms with E-state index in [-0.39, 0.29) is 19.3 Å². The molecule has 0 saturated heterocycles. The number of carbonyl (C=O) groups is 3. The highest BCUT2D eigenvalue weighted by Gasteiger charge is 2.27. The minimum atomic E-state index is -0.833. The molecule has 0 unspecified atom stereocenters. The van der Waals surface area contributed by atoms with E-state index in [2.05, 4.69) is 19.1 Å². The van der Waals surface area contributed by atoms with Crippen LogP contribution in [0.15, 0.2) is 12.2 Å². The molecule has 0 saturated carbocycles. The molecule has 180 valence electrons. The summed E-state index contributed by atoms with van der Waals surface area (Å²) in [6.45, 7) is 5.01. The Bertz CT molecular complexity index is 482. The van der Waals surface area contributed by atoms with Crippen LogP contribution in [0.1, 0.15) is 96.8 Å². The van der Waals surface area contributed by atoms with E-state index in [9.17, 15) is 14.4 Å². The van der Waals surface area contributed by atoms with E-state index in [1.165, 1.54) is 19.3 Å². The summed E-state index contributed by atoms with van der Waals surface area (Å²) < 4.78 is 0.626. The van der Waals surface area contributed by atoms with Gasteiger partial charge in [0.05, 0.1) is 45.4 Å². The van der Waals surface area contributed by atoms with Crippen molar-refractivity contribution in [1.82, 2.24) is 0 Å². The molecule has 0 aliphatic heterocycles. The smallest absolute Gasteiger partial charge is 0.303 e.